The summed E-state index contributed by atoms with van der Waals surface area (Å²) in [4.78, 5) is 37.6. The van der Waals surface area contributed by atoms with Gasteiger partial charge in [-0.05, 0) is 54.1 Å². The highest BCUT2D eigenvalue weighted by atomic mass is 32.1. The Morgan fingerprint density at radius 3 is 2.69 bits per heavy atom. The lowest BCUT2D eigenvalue weighted by Crippen LogP contribution is -2.61. The van der Waals surface area contributed by atoms with E-state index in [4.69, 9.17) is 0 Å². The number of amides is 3. The number of fused-ring (bicyclic) bond motifs is 1. The van der Waals surface area contributed by atoms with Gasteiger partial charge in [0, 0.05) is 5.69 Å². The van der Waals surface area contributed by atoms with Gasteiger partial charge >= 0.3 is 12.0 Å². The van der Waals surface area contributed by atoms with Crippen LogP contribution in [-0.2, 0) is 9.59 Å². The molecular formula is C20H19N3O5S. The summed E-state index contributed by atoms with van der Waals surface area (Å²) in [5.74, 6) is -2.16. The number of hydrogen-bond donors (Lipinski definition) is 4. The molecule has 1 aromatic carbocycles. The van der Waals surface area contributed by atoms with E-state index in [0.717, 1.165) is 0 Å². The van der Waals surface area contributed by atoms with Gasteiger partial charge in [-0.15, -0.1) is 11.3 Å². The molecule has 0 spiro atoms. The molecule has 2 aromatic rings. The third-order valence-electron chi connectivity index (χ3n) is 5.16. The van der Waals surface area contributed by atoms with E-state index in [-0.39, 0.29) is 17.6 Å². The minimum absolute atomic E-state index is 0.0583. The SMILES string of the molecule is C[C@@H](O)[C@H]1C(=O)N2C(C(=O)O)=C(c3cccc(NC(=O)Nc4cccs4)c3)C[C@H]12. The molecule has 8 nitrogen and oxygen atoms in total. The predicted octanol–water partition coefficient (Wildman–Crippen LogP) is 2.80. The summed E-state index contributed by atoms with van der Waals surface area (Å²) in [5.41, 5.74) is 1.57. The number of carbonyl (C=O) groups is 3. The van der Waals surface area contributed by atoms with Gasteiger partial charge in [0.1, 0.15) is 5.70 Å². The van der Waals surface area contributed by atoms with E-state index < -0.39 is 24.0 Å². The first kappa shape index (κ1) is 19.2. The van der Waals surface area contributed by atoms with Gasteiger partial charge in [-0.25, -0.2) is 9.59 Å². The van der Waals surface area contributed by atoms with Gasteiger partial charge in [-0.1, -0.05) is 12.1 Å². The van der Waals surface area contributed by atoms with E-state index in [1.54, 1.807) is 30.3 Å². The predicted molar refractivity (Wildman–Crippen MR) is 108 cm³/mol. The van der Waals surface area contributed by atoms with Crippen LogP contribution in [0.25, 0.3) is 5.57 Å². The third-order valence-corrected chi connectivity index (χ3v) is 5.94. The molecule has 3 atom stereocenters. The first-order chi connectivity index (χ1) is 13.9. The van der Waals surface area contributed by atoms with Crippen LogP contribution in [0.15, 0.2) is 47.5 Å². The Labute approximate surface area is 170 Å². The van der Waals surface area contributed by atoms with Gasteiger partial charge in [0.15, 0.2) is 0 Å². The van der Waals surface area contributed by atoms with Crippen LogP contribution in [0.1, 0.15) is 18.9 Å². The molecule has 3 amide bonds. The number of thiophene rings is 1. The zero-order valence-electron chi connectivity index (χ0n) is 15.5. The number of aliphatic hydroxyl groups excluding tert-OH is 1. The van der Waals surface area contributed by atoms with Crippen molar-refractivity contribution in [2.24, 2.45) is 5.92 Å². The Morgan fingerprint density at radius 1 is 1.24 bits per heavy atom. The van der Waals surface area contributed by atoms with E-state index in [9.17, 15) is 24.6 Å². The Bertz CT molecular complexity index is 1010. The van der Waals surface area contributed by atoms with E-state index in [1.807, 2.05) is 11.4 Å². The number of β-lactam (4-membered cyclic amide) rings is 1. The quantitative estimate of drug-likeness (QED) is 0.562. The van der Waals surface area contributed by atoms with Crippen molar-refractivity contribution in [1.29, 1.82) is 0 Å². The van der Waals surface area contributed by atoms with Crippen LogP contribution < -0.4 is 10.6 Å². The Kier molecular flexibility index (Phi) is 4.85. The molecule has 1 aromatic heterocycles. The molecule has 0 unspecified atom stereocenters. The van der Waals surface area contributed by atoms with Crippen molar-refractivity contribution in [1.82, 2.24) is 4.90 Å². The lowest BCUT2D eigenvalue weighted by molar-refractivity contribution is -0.161. The molecule has 0 saturated carbocycles. The lowest BCUT2D eigenvalue weighted by Gasteiger charge is -2.44. The average Bonchev–Trinajstić information content (AvgIpc) is 3.27. The van der Waals surface area contributed by atoms with Crippen LogP contribution in [0.4, 0.5) is 15.5 Å². The molecule has 1 fully saturated rings. The Hall–Kier alpha value is -3.17. The highest BCUT2D eigenvalue weighted by Crippen LogP contribution is 2.47. The summed E-state index contributed by atoms with van der Waals surface area (Å²) in [6.07, 6.45) is -0.500. The molecule has 3 heterocycles. The number of aliphatic carboxylic acids is 1. The van der Waals surface area contributed by atoms with Gasteiger partial charge in [0.2, 0.25) is 5.91 Å². The van der Waals surface area contributed by atoms with Crippen molar-refractivity contribution in [3.63, 3.8) is 0 Å². The maximum atomic E-state index is 12.3. The number of carbonyl (C=O) groups excluding carboxylic acids is 2. The monoisotopic (exact) mass is 413 g/mol. The molecular weight excluding hydrogens is 394 g/mol. The number of aliphatic hydroxyl groups is 1. The number of urea groups is 1. The minimum Gasteiger partial charge on any atom is -0.477 e. The number of benzene rings is 1. The van der Waals surface area contributed by atoms with Gasteiger partial charge in [-0.3, -0.25) is 10.1 Å². The van der Waals surface area contributed by atoms with Crippen molar-refractivity contribution >= 4 is 45.5 Å². The van der Waals surface area contributed by atoms with E-state index in [2.05, 4.69) is 10.6 Å². The fourth-order valence-corrected chi connectivity index (χ4v) is 4.55. The second-order valence-electron chi connectivity index (χ2n) is 7.02. The molecule has 2 aliphatic heterocycles. The highest BCUT2D eigenvalue weighted by Gasteiger charge is 2.56. The smallest absolute Gasteiger partial charge is 0.352 e. The summed E-state index contributed by atoms with van der Waals surface area (Å²) in [6, 6.07) is 9.68. The lowest BCUT2D eigenvalue weighted by atomic mass is 9.82. The second kappa shape index (κ2) is 7.34. The van der Waals surface area contributed by atoms with Crippen molar-refractivity contribution in [3.8, 4) is 0 Å². The summed E-state index contributed by atoms with van der Waals surface area (Å²) in [5, 5.41) is 27.5. The Balaban J connectivity index is 1.58. The van der Waals surface area contributed by atoms with E-state index >= 15 is 0 Å². The molecule has 0 aliphatic carbocycles. The van der Waals surface area contributed by atoms with Crippen molar-refractivity contribution in [3.05, 3.63) is 53.0 Å². The standard InChI is InChI=1S/C20H19N3O5S/c1-10(24)16-14-9-13(17(19(26)27)23(14)18(16)25)11-4-2-5-12(8-11)21-20(28)22-15-6-3-7-29-15/h2-8,10,14,16,24H,9H2,1H3,(H,26,27)(H2,21,22,28)/t10-,14-,16-/m1/s1. The van der Waals surface area contributed by atoms with Crippen molar-refractivity contribution in [2.75, 3.05) is 10.6 Å². The molecule has 9 heteroatoms. The molecule has 29 heavy (non-hydrogen) atoms. The minimum atomic E-state index is -1.19. The fraction of sp³-hybridized carbons (Fsp3) is 0.250. The largest absolute Gasteiger partial charge is 0.477 e. The number of nitrogens with zero attached hydrogens (tertiary/aromatic N) is 1. The number of carboxylic acids is 1. The summed E-state index contributed by atoms with van der Waals surface area (Å²) < 4.78 is 0. The molecule has 4 rings (SSSR count). The summed E-state index contributed by atoms with van der Waals surface area (Å²) >= 11 is 1.40. The normalized spacial score (nSPS) is 21.4. The van der Waals surface area contributed by atoms with E-state index in [1.165, 1.54) is 23.2 Å². The van der Waals surface area contributed by atoms with Crippen LogP contribution in [0, 0.1) is 5.92 Å². The topological polar surface area (TPSA) is 119 Å². The maximum absolute atomic E-state index is 12.3. The number of rotatable bonds is 5. The summed E-state index contributed by atoms with van der Waals surface area (Å²) in [7, 11) is 0. The molecule has 0 bridgehead atoms. The maximum Gasteiger partial charge on any atom is 0.352 e. The number of carboxylic acid groups (broad SMARTS) is 1. The Morgan fingerprint density at radius 2 is 2.03 bits per heavy atom. The second-order valence-corrected chi connectivity index (χ2v) is 7.96. The summed E-state index contributed by atoms with van der Waals surface area (Å²) in [6.45, 7) is 1.54. The molecule has 2 aliphatic rings. The zero-order chi connectivity index (χ0) is 20.7. The van der Waals surface area contributed by atoms with Crippen LogP contribution in [0.5, 0.6) is 0 Å². The van der Waals surface area contributed by atoms with Crippen LogP contribution >= 0.6 is 11.3 Å². The molecule has 0 radical (unpaired) electrons. The van der Waals surface area contributed by atoms with Gasteiger partial charge in [0.25, 0.3) is 0 Å². The molecule has 1 saturated heterocycles. The van der Waals surface area contributed by atoms with Gasteiger partial charge in [0.05, 0.1) is 23.1 Å². The zero-order valence-corrected chi connectivity index (χ0v) is 16.3. The van der Waals surface area contributed by atoms with Crippen LogP contribution in [0.3, 0.4) is 0 Å². The molecule has 4 N–H and O–H groups in total. The number of hydrogen-bond acceptors (Lipinski definition) is 5. The highest BCUT2D eigenvalue weighted by molar-refractivity contribution is 7.14. The number of anilines is 2. The molecule has 150 valence electrons. The fourth-order valence-electron chi connectivity index (χ4n) is 3.94. The van der Waals surface area contributed by atoms with Crippen LogP contribution in [0.2, 0.25) is 0 Å². The average molecular weight is 413 g/mol. The van der Waals surface area contributed by atoms with Crippen LogP contribution in [-0.4, -0.2) is 45.2 Å². The van der Waals surface area contributed by atoms with Crippen molar-refractivity contribution in [2.45, 2.75) is 25.5 Å². The third kappa shape index (κ3) is 3.39. The number of nitrogens with one attached hydrogen (secondary N) is 2. The van der Waals surface area contributed by atoms with Gasteiger partial charge in [-0.2, -0.15) is 0 Å². The van der Waals surface area contributed by atoms with Gasteiger partial charge < -0.3 is 20.4 Å². The first-order valence-electron chi connectivity index (χ1n) is 9.06. The van der Waals surface area contributed by atoms with Crippen molar-refractivity contribution < 1.29 is 24.6 Å². The van der Waals surface area contributed by atoms with E-state index in [0.29, 0.717) is 28.2 Å². The first-order valence-corrected chi connectivity index (χ1v) is 9.94.